The number of nitrogens with one attached hydrogen (secondary N) is 2. The van der Waals surface area contributed by atoms with Gasteiger partial charge in [0.2, 0.25) is 5.91 Å². The molecule has 0 unspecified atom stereocenters. The molecule has 0 bridgehead atoms. The molecule has 8 nitrogen and oxygen atoms in total. The van der Waals surface area contributed by atoms with Crippen LogP contribution < -0.4 is 10.6 Å². The van der Waals surface area contributed by atoms with Gasteiger partial charge in [0, 0.05) is 37.8 Å². The summed E-state index contributed by atoms with van der Waals surface area (Å²) in [6, 6.07) is 15.2. The fourth-order valence-electron chi connectivity index (χ4n) is 5.02. The second-order valence-corrected chi connectivity index (χ2v) is 9.31. The van der Waals surface area contributed by atoms with Gasteiger partial charge in [0.15, 0.2) is 5.76 Å². The third-order valence-corrected chi connectivity index (χ3v) is 7.35. The van der Waals surface area contributed by atoms with Crippen LogP contribution in [-0.2, 0) is 17.8 Å². The van der Waals surface area contributed by atoms with E-state index in [4.69, 9.17) is 4.42 Å². The van der Waals surface area contributed by atoms with E-state index in [1.807, 2.05) is 30.3 Å². The van der Waals surface area contributed by atoms with Crippen molar-refractivity contribution < 1.29 is 14.0 Å². The third-order valence-electron chi connectivity index (χ3n) is 6.80. The van der Waals surface area contributed by atoms with Crippen molar-refractivity contribution in [3.8, 4) is 0 Å². The number of furan rings is 1. The molecular formula is C26H23N5O3S. The van der Waals surface area contributed by atoms with Gasteiger partial charge in [-0.2, -0.15) is 8.75 Å². The van der Waals surface area contributed by atoms with Crippen LogP contribution in [0, 0.1) is 0 Å². The quantitative estimate of drug-likeness (QED) is 0.445. The number of hydrogen-bond acceptors (Lipinski definition) is 7. The van der Waals surface area contributed by atoms with Crippen LogP contribution >= 0.6 is 11.7 Å². The molecule has 6 rings (SSSR count). The van der Waals surface area contributed by atoms with Crippen LogP contribution in [0.25, 0.3) is 16.6 Å². The van der Waals surface area contributed by atoms with E-state index in [1.165, 1.54) is 40.3 Å². The standard InChI is InChI=1S/C26H23N5O3S/c1-27-25(32)23-12-20-17(10-15-4-2-3-5-19(15)20)14-31(23)26(33)24-16(8-9-34-24)13-28-18-6-7-21-22(11-18)30-35-29-21/h2-9,11,23,28H,10,12-14H2,1H3,(H,27,32)/t23-/m1/s1. The molecule has 1 aliphatic heterocycles. The normalized spacial score (nSPS) is 16.8. The maximum Gasteiger partial charge on any atom is 0.290 e. The van der Waals surface area contributed by atoms with Gasteiger partial charge in [0.1, 0.15) is 17.1 Å². The number of benzene rings is 2. The molecule has 2 aliphatic rings. The Labute approximate surface area is 206 Å². The number of aromatic nitrogens is 2. The molecule has 176 valence electrons. The van der Waals surface area contributed by atoms with Gasteiger partial charge in [-0.25, -0.2) is 0 Å². The predicted octanol–water partition coefficient (Wildman–Crippen LogP) is 3.87. The predicted molar refractivity (Wildman–Crippen MR) is 134 cm³/mol. The number of anilines is 1. The lowest BCUT2D eigenvalue weighted by molar-refractivity contribution is -0.125. The molecule has 3 heterocycles. The topological polar surface area (TPSA) is 100 Å². The molecule has 0 radical (unpaired) electrons. The molecule has 35 heavy (non-hydrogen) atoms. The highest BCUT2D eigenvalue weighted by atomic mass is 32.1. The van der Waals surface area contributed by atoms with Crippen molar-refractivity contribution in [2.45, 2.75) is 25.4 Å². The van der Waals surface area contributed by atoms with Crippen molar-refractivity contribution in [1.82, 2.24) is 19.0 Å². The summed E-state index contributed by atoms with van der Waals surface area (Å²) in [5.41, 5.74) is 8.11. The number of carbonyl (C=O) groups is 2. The van der Waals surface area contributed by atoms with Gasteiger partial charge in [-0.15, -0.1) is 0 Å². The first-order valence-electron chi connectivity index (χ1n) is 11.5. The van der Waals surface area contributed by atoms with Gasteiger partial charge in [-0.1, -0.05) is 24.3 Å². The number of fused-ring (bicyclic) bond motifs is 3. The highest BCUT2D eigenvalue weighted by Gasteiger charge is 2.39. The van der Waals surface area contributed by atoms with Crippen LogP contribution in [0.15, 0.2) is 64.8 Å². The summed E-state index contributed by atoms with van der Waals surface area (Å²) >= 11 is 1.18. The largest absolute Gasteiger partial charge is 0.459 e. The Hall–Kier alpha value is -3.98. The van der Waals surface area contributed by atoms with Crippen LogP contribution in [-0.4, -0.2) is 45.1 Å². The lowest BCUT2D eigenvalue weighted by Crippen LogP contribution is -2.51. The molecule has 1 aliphatic carbocycles. The van der Waals surface area contributed by atoms with Crippen molar-refractivity contribution in [2.75, 3.05) is 18.9 Å². The van der Waals surface area contributed by atoms with Crippen molar-refractivity contribution in [3.63, 3.8) is 0 Å². The monoisotopic (exact) mass is 485 g/mol. The summed E-state index contributed by atoms with van der Waals surface area (Å²) in [5, 5.41) is 6.07. The zero-order chi connectivity index (χ0) is 23.9. The van der Waals surface area contributed by atoms with E-state index in [0.29, 0.717) is 19.5 Å². The maximum absolute atomic E-state index is 13.7. The Bertz CT molecular complexity index is 1490. The van der Waals surface area contributed by atoms with Crippen molar-refractivity contribution in [1.29, 1.82) is 0 Å². The van der Waals surface area contributed by atoms with Crippen LogP contribution in [0.4, 0.5) is 5.69 Å². The Morgan fingerprint density at radius 1 is 1.14 bits per heavy atom. The van der Waals surface area contributed by atoms with E-state index in [1.54, 1.807) is 18.0 Å². The molecule has 0 saturated carbocycles. The van der Waals surface area contributed by atoms with Gasteiger partial charge in [0.25, 0.3) is 5.91 Å². The van der Waals surface area contributed by atoms with E-state index in [2.05, 4.69) is 31.5 Å². The minimum atomic E-state index is -0.595. The summed E-state index contributed by atoms with van der Waals surface area (Å²) in [4.78, 5) is 28.2. The van der Waals surface area contributed by atoms with Crippen molar-refractivity contribution in [3.05, 3.63) is 82.8 Å². The minimum absolute atomic E-state index is 0.175. The van der Waals surface area contributed by atoms with Gasteiger partial charge < -0.3 is 20.0 Å². The first-order valence-corrected chi connectivity index (χ1v) is 12.2. The van der Waals surface area contributed by atoms with Crippen molar-refractivity contribution >= 4 is 45.8 Å². The molecule has 2 aromatic carbocycles. The van der Waals surface area contributed by atoms with E-state index in [-0.39, 0.29) is 17.6 Å². The Kier molecular flexibility index (Phi) is 5.33. The van der Waals surface area contributed by atoms with E-state index in [0.717, 1.165) is 28.7 Å². The second-order valence-electron chi connectivity index (χ2n) is 8.78. The van der Waals surface area contributed by atoms with Crippen LogP contribution in [0.1, 0.15) is 33.7 Å². The summed E-state index contributed by atoms with van der Waals surface area (Å²) in [6.07, 6.45) is 2.82. The molecule has 4 aromatic rings. The maximum atomic E-state index is 13.7. The molecule has 2 amide bonds. The van der Waals surface area contributed by atoms with Crippen LogP contribution in [0.5, 0.6) is 0 Å². The molecule has 1 atom stereocenters. The number of rotatable bonds is 5. The first kappa shape index (κ1) is 21.5. The van der Waals surface area contributed by atoms with Crippen LogP contribution in [0.2, 0.25) is 0 Å². The highest BCUT2D eigenvalue weighted by molar-refractivity contribution is 7.00. The summed E-state index contributed by atoms with van der Waals surface area (Å²) in [6.45, 7) is 0.806. The summed E-state index contributed by atoms with van der Waals surface area (Å²) in [7, 11) is 1.61. The molecular weight excluding hydrogens is 462 g/mol. The fraction of sp³-hybridized carbons (Fsp3) is 0.231. The number of likely N-dealkylation sites (N-methyl/N-ethyl adjacent to an activating group) is 1. The first-order chi connectivity index (χ1) is 17.1. The zero-order valence-corrected chi connectivity index (χ0v) is 19.9. The second kappa shape index (κ2) is 8.66. The minimum Gasteiger partial charge on any atom is -0.459 e. The molecule has 0 spiro atoms. The molecule has 2 N–H and O–H groups in total. The Morgan fingerprint density at radius 2 is 2.00 bits per heavy atom. The van der Waals surface area contributed by atoms with Gasteiger partial charge in [-0.3, -0.25) is 9.59 Å². The summed E-state index contributed by atoms with van der Waals surface area (Å²) in [5.74, 6) is -0.199. The van der Waals surface area contributed by atoms with Gasteiger partial charge in [0.05, 0.1) is 18.0 Å². The van der Waals surface area contributed by atoms with E-state index >= 15 is 0 Å². The SMILES string of the molecule is CNC(=O)[C@H]1CC2=C(Cc3ccccc32)CN1C(=O)c1occc1CNc1ccc2nsnc2c1. The Morgan fingerprint density at radius 3 is 2.89 bits per heavy atom. The number of amides is 2. The number of nitrogens with zero attached hydrogens (tertiary/aromatic N) is 3. The van der Waals surface area contributed by atoms with Crippen molar-refractivity contribution in [2.24, 2.45) is 0 Å². The molecule has 0 saturated heterocycles. The van der Waals surface area contributed by atoms with Gasteiger partial charge in [-0.05, 0) is 53.0 Å². The zero-order valence-electron chi connectivity index (χ0n) is 19.1. The smallest absolute Gasteiger partial charge is 0.290 e. The molecule has 0 fully saturated rings. The van der Waals surface area contributed by atoms with Gasteiger partial charge >= 0.3 is 0 Å². The number of carbonyl (C=O) groups excluding carboxylic acids is 2. The highest BCUT2D eigenvalue weighted by Crippen LogP contribution is 2.40. The number of hydrogen-bond donors (Lipinski definition) is 2. The lowest BCUT2D eigenvalue weighted by Gasteiger charge is -2.35. The molecule has 2 aromatic heterocycles. The Balaban J connectivity index is 1.25. The average molecular weight is 486 g/mol. The van der Waals surface area contributed by atoms with E-state index < -0.39 is 6.04 Å². The van der Waals surface area contributed by atoms with Crippen LogP contribution in [0.3, 0.4) is 0 Å². The lowest BCUT2D eigenvalue weighted by atomic mass is 9.92. The van der Waals surface area contributed by atoms with E-state index in [9.17, 15) is 9.59 Å². The molecule has 9 heteroatoms. The summed E-state index contributed by atoms with van der Waals surface area (Å²) < 4.78 is 14.2. The average Bonchev–Trinajstić information content (AvgIpc) is 3.63. The third kappa shape index (κ3) is 3.77. The fourth-order valence-corrected chi connectivity index (χ4v) is 5.53.